The van der Waals surface area contributed by atoms with E-state index in [1.54, 1.807) is 31.2 Å². The van der Waals surface area contributed by atoms with Gasteiger partial charge in [0.2, 0.25) is 0 Å². The van der Waals surface area contributed by atoms with Crippen molar-refractivity contribution < 1.29 is 83.7 Å². The zero-order valence-corrected chi connectivity index (χ0v) is 40.6. The number of carbonyl (C=O) groups is 1. The Bertz CT molecular complexity index is 3610. The van der Waals surface area contributed by atoms with Crippen LogP contribution in [-0.4, -0.2) is 95.4 Å². The maximum Gasteiger partial charge on any atom is 0.397 e. The molecule has 0 aliphatic carbocycles. The number of hydrogen-bond acceptors (Lipinski definition) is 24. The van der Waals surface area contributed by atoms with Crippen molar-refractivity contribution in [1.29, 1.82) is 0 Å². The van der Waals surface area contributed by atoms with E-state index < -0.39 is 143 Å². The van der Waals surface area contributed by atoms with E-state index in [0.717, 1.165) is 48.0 Å². The van der Waals surface area contributed by atoms with Gasteiger partial charge >= 0.3 is 26.8 Å². The molecule has 0 heterocycles. The van der Waals surface area contributed by atoms with E-state index in [9.17, 15) is 66.2 Å². The van der Waals surface area contributed by atoms with Gasteiger partial charge < -0.3 is 21.7 Å². The van der Waals surface area contributed by atoms with Gasteiger partial charge in [0.15, 0.2) is 9.84 Å². The van der Waals surface area contributed by atoms with E-state index in [-0.39, 0.29) is 40.2 Å². The predicted octanol–water partition coefficient (Wildman–Crippen LogP) is 6.85. The molecule has 0 bridgehead atoms. The minimum absolute atomic E-state index is 0.0196. The zero-order chi connectivity index (χ0) is 53.4. The lowest BCUT2D eigenvalue weighted by molar-refractivity contribution is 0.0698. The highest BCUT2D eigenvalue weighted by Gasteiger charge is 2.28. The number of rotatable bonds is 22. The monoisotopic (exact) mass is 1100 g/mol. The second kappa shape index (κ2) is 22.6. The maximum absolute atomic E-state index is 13.0. The van der Waals surface area contributed by atoms with E-state index in [1.165, 1.54) is 6.07 Å². The molecule has 29 nitrogen and oxygen atoms in total. The maximum atomic E-state index is 13.0. The number of nitrogens with zero attached hydrogens (tertiary/aromatic N) is 8. The largest absolute Gasteiger partial charge is 0.478 e. The summed E-state index contributed by atoms with van der Waals surface area (Å²) in [7, 11) is -24.2. The number of hydrogen-bond donors (Lipinski definition) is 8. The van der Waals surface area contributed by atoms with Crippen LogP contribution in [0.1, 0.15) is 33.5 Å². The summed E-state index contributed by atoms with van der Waals surface area (Å²) >= 11 is 0. The van der Waals surface area contributed by atoms with E-state index in [4.69, 9.17) is 20.6 Å². The predicted molar refractivity (Wildman–Crippen MR) is 250 cm³/mol. The van der Waals surface area contributed by atoms with Gasteiger partial charge in [-0.3, -0.25) is 18.2 Å². The minimum atomic E-state index is -5.34. The lowest BCUT2D eigenvalue weighted by atomic mass is 10.1. The minimum Gasteiger partial charge on any atom is -0.478 e. The number of anilines is 2. The summed E-state index contributed by atoms with van der Waals surface area (Å²) in [6.07, 6.45) is -0.0590. The number of nitrogen functional groups attached to an aromatic ring is 2. The van der Waals surface area contributed by atoms with Gasteiger partial charge in [-0.1, -0.05) is 23.8 Å². The van der Waals surface area contributed by atoms with Gasteiger partial charge in [0, 0.05) is 5.56 Å². The number of aliphatic hydroxyl groups is 1. The summed E-state index contributed by atoms with van der Waals surface area (Å²) in [5.74, 6) is -2.68. The fraction of sp³-hybridized carbons (Fsp3) is 0.184. The average molecular weight is 1100 g/mol. The molecule has 0 spiro atoms. The van der Waals surface area contributed by atoms with Crippen LogP contribution < -0.4 is 11.5 Å². The van der Waals surface area contributed by atoms with E-state index in [2.05, 4.69) is 49.3 Å². The van der Waals surface area contributed by atoms with Crippen molar-refractivity contribution in [3.63, 3.8) is 0 Å². The third-order valence-electron chi connectivity index (χ3n) is 9.33. The number of aromatic carboxylic acids is 1. The molecule has 0 atom stereocenters. The van der Waals surface area contributed by atoms with Gasteiger partial charge in [-0.25, -0.2) is 21.6 Å². The summed E-state index contributed by atoms with van der Waals surface area (Å²) in [4.78, 5) is 10.7. The highest BCUT2D eigenvalue weighted by Crippen LogP contribution is 2.49. The van der Waals surface area contributed by atoms with Crippen molar-refractivity contribution in [2.24, 2.45) is 40.9 Å². The Morgan fingerprint density at radius 1 is 0.569 bits per heavy atom. The van der Waals surface area contributed by atoms with Crippen LogP contribution in [0.4, 0.5) is 56.9 Å². The van der Waals surface area contributed by atoms with Crippen LogP contribution in [0.5, 0.6) is 0 Å². The number of aliphatic hydroxyl groups excluding tert-OH is 1. The molecule has 0 fully saturated rings. The molecule has 0 saturated carbocycles. The molecule has 10 N–H and O–H groups in total. The van der Waals surface area contributed by atoms with Crippen LogP contribution in [0.15, 0.2) is 134 Å². The summed E-state index contributed by atoms with van der Waals surface area (Å²) in [6.45, 7) is -0.565. The summed E-state index contributed by atoms with van der Waals surface area (Å²) < 4.78 is 165. The lowest BCUT2D eigenvalue weighted by Crippen LogP contribution is -2.15. The van der Waals surface area contributed by atoms with Crippen LogP contribution in [0.2, 0.25) is 0 Å². The Kier molecular flexibility index (Phi) is 17.6. The fourth-order valence-electron chi connectivity index (χ4n) is 5.94. The number of aryl methyl sites for hydroxylation is 2. The molecule has 0 aliphatic heterocycles. The van der Waals surface area contributed by atoms with Gasteiger partial charge in [0.25, 0.3) is 20.2 Å². The Balaban J connectivity index is 1.61. The number of sulfone groups is 1. The summed E-state index contributed by atoms with van der Waals surface area (Å²) in [5.41, 5.74) is 7.85. The van der Waals surface area contributed by atoms with Gasteiger partial charge in [-0.05, 0) is 86.0 Å². The first-order valence-corrected chi connectivity index (χ1v) is 26.9. The van der Waals surface area contributed by atoms with Crippen molar-refractivity contribution in [2.75, 3.05) is 30.4 Å². The van der Waals surface area contributed by atoms with Crippen LogP contribution in [0.25, 0.3) is 0 Å². The molecule has 5 aromatic rings. The van der Waals surface area contributed by atoms with E-state index >= 15 is 0 Å². The van der Waals surface area contributed by atoms with E-state index in [0.29, 0.717) is 6.07 Å². The highest BCUT2D eigenvalue weighted by atomic mass is 32.3. The Labute approximate surface area is 409 Å². The topological polar surface area (TPSA) is 479 Å². The number of carboxylic acid groups (broad SMARTS) is 1. The molecule has 0 aromatic heterocycles. The second-order valence-electron chi connectivity index (χ2n) is 14.5. The van der Waals surface area contributed by atoms with Crippen molar-refractivity contribution >= 4 is 114 Å². The first kappa shape index (κ1) is 56.0. The number of carboxylic acids is 1. The molecule has 0 amide bonds. The van der Waals surface area contributed by atoms with Crippen LogP contribution in [0.3, 0.4) is 0 Å². The quantitative estimate of drug-likeness (QED) is 0.0152. The van der Waals surface area contributed by atoms with Crippen LogP contribution in [-0.2, 0) is 72.3 Å². The van der Waals surface area contributed by atoms with Crippen molar-refractivity contribution in [3.05, 3.63) is 101 Å². The Morgan fingerprint density at radius 2 is 1.06 bits per heavy atom. The first-order chi connectivity index (χ1) is 33.5. The molecule has 0 radical (unpaired) electrons. The standard InChI is InChI=1S/C38H38N10O19S5/c1-21-4-7-24(8-5-21)42-48-37-33(39)35(46-41-25-9-11-26(12-10-25)68(52,53)16-15-67-72(63,64)65)32(38(50)51)36(34(37)40)47-45-29-18-23(20-49)28(19-31(29)70(57,58)59)44-43-27-13-6-22(17-30(27)69(54,55)56)3-2-14-66-71(60,61)62/h4-13,17-19,49H,2-3,14-16,20,39-40H2,1H3,(H,50,51)(H,54,55,56)(H,57,58,59)(H,60,61,62)(H,63,64,65). The van der Waals surface area contributed by atoms with E-state index in [1.807, 2.05) is 0 Å². The van der Waals surface area contributed by atoms with Crippen LogP contribution in [0, 0.1) is 6.92 Å². The molecular weight excluding hydrogens is 1060 g/mol. The number of benzene rings is 5. The molecule has 0 unspecified atom stereocenters. The molecule has 5 aromatic carbocycles. The molecular formula is C38H38N10O19S5. The smallest absolute Gasteiger partial charge is 0.397 e. The number of nitrogens with two attached hydrogens (primary N) is 2. The van der Waals surface area contributed by atoms with Crippen molar-refractivity contribution in [2.45, 2.75) is 41.1 Å². The summed E-state index contributed by atoms with van der Waals surface area (Å²) in [5, 5.41) is 52.2. The molecule has 384 valence electrons. The Hall–Kier alpha value is -6.96. The van der Waals surface area contributed by atoms with Gasteiger partial charge in [0.1, 0.15) is 43.8 Å². The molecule has 0 saturated heterocycles. The van der Waals surface area contributed by atoms with Crippen molar-refractivity contribution in [3.8, 4) is 0 Å². The van der Waals surface area contributed by atoms with Crippen LogP contribution >= 0.6 is 0 Å². The van der Waals surface area contributed by atoms with Gasteiger partial charge in [0.05, 0.1) is 58.9 Å². The Morgan fingerprint density at radius 3 is 1.58 bits per heavy atom. The lowest BCUT2D eigenvalue weighted by Gasteiger charge is -2.13. The van der Waals surface area contributed by atoms with Gasteiger partial charge in [-0.15, -0.1) is 25.6 Å². The fourth-order valence-corrected chi connectivity index (χ4v) is 9.06. The van der Waals surface area contributed by atoms with Gasteiger partial charge in [-0.2, -0.15) is 49.0 Å². The molecule has 0 aliphatic rings. The third kappa shape index (κ3) is 15.3. The molecule has 34 heteroatoms. The number of azo groups is 4. The average Bonchev–Trinajstić information content (AvgIpc) is 3.28. The molecule has 5 rings (SSSR count). The van der Waals surface area contributed by atoms with Crippen molar-refractivity contribution in [1.82, 2.24) is 0 Å². The highest BCUT2D eigenvalue weighted by molar-refractivity contribution is 7.91. The zero-order valence-electron chi connectivity index (χ0n) is 36.5. The second-order valence-corrected chi connectivity index (χ2v) is 21.5. The molecule has 72 heavy (non-hydrogen) atoms. The normalized spacial score (nSPS) is 13.0. The summed E-state index contributed by atoms with van der Waals surface area (Å²) in [6, 6.07) is 15.6. The third-order valence-corrected chi connectivity index (χ3v) is 13.7. The SMILES string of the molecule is Cc1ccc(N=Nc2c(N)c(N=Nc3ccc(S(=O)(=O)CCOS(=O)(=O)O)cc3)c(C(=O)O)c(N=Nc3cc(CO)c(N=Nc4ccc(CCCOS(=O)(=O)O)cc4S(=O)(=O)O)cc3S(=O)(=O)O)c2N)cc1. The first-order valence-electron chi connectivity index (χ1n) is 19.6.